The van der Waals surface area contributed by atoms with E-state index in [4.69, 9.17) is 10.5 Å². The Morgan fingerprint density at radius 2 is 2.21 bits per heavy atom. The Labute approximate surface area is 83.9 Å². The fourth-order valence-corrected chi connectivity index (χ4v) is 1.22. The van der Waals surface area contributed by atoms with Crippen molar-refractivity contribution in [3.05, 3.63) is 29.6 Å². The summed E-state index contributed by atoms with van der Waals surface area (Å²) in [6, 6.07) is 4.32. The molecule has 0 saturated heterocycles. The summed E-state index contributed by atoms with van der Waals surface area (Å²) in [5, 5.41) is 0. The standard InChI is InChI=1S/C11H16FNO/c1-3-6-14-11-7-9(12)4-5-10(11)8(2)13/h4-5,7-8H,3,6,13H2,1-2H3/t8-/m1/s1. The average molecular weight is 197 g/mol. The highest BCUT2D eigenvalue weighted by Crippen LogP contribution is 2.24. The zero-order valence-electron chi connectivity index (χ0n) is 8.59. The highest BCUT2D eigenvalue weighted by atomic mass is 19.1. The van der Waals surface area contributed by atoms with Gasteiger partial charge < -0.3 is 10.5 Å². The van der Waals surface area contributed by atoms with E-state index in [1.165, 1.54) is 12.1 Å². The van der Waals surface area contributed by atoms with Gasteiger partial charge in [0, 0.05) is 17.7 Å². The first-order valence-corrected chi connectivity index (χ1v) is 4.83. The third-order valence-corrected chi connectivity index (χ3v) is 1.93. The van der Waals surface area contributed by atoms with Crippen molar-refractivity contribution in [1.82, 2.24) is 0 Å². The lowest BCUT2D eigenvalue weighted by Crippen LogP contribution is -2.08. The van der Waals surface area contributed by atoms with Gasteiger partial charge in [0.15, 0.2) is 0 Å². The summed E-state index contributed by atoms with van der Waals surface area (Å²) in [7, 11) is 0. The minimum atomic E-state index is -0.291. The van der Waals surface area contributed by atoms with Gasteiger partial charge in [0.25, 0.3) is 0 Å². The van der Waals surface area contributed by atoms with Gasteiger partial charge in [0.1, 0.15) is 11.6 Å². The van der Waals surface area contributed by atoms with Crippen LogP contribution < -0.4 is 10.5 Å². The summed E-state index contributed by atoms with van der Waals surface area (Å²) in [6.07, 6.45) is 0.898. The second kappa shape index (κ2) is 4.96. The van der Waals surface area contributed by atoms with Crippen LogP contribution >= 0.6 is 0 Å². The topological polar surface area (TPSA) is 35.2 Å². The van der Waals surface area contributed by atoms with E-state index in [9.17, 15) is 4.39 Å². The maximum Gasteiger partial charge on any atom is 0.126 e. The molecule has 0 bridgehead atoms. The zero-order valence-corrected chi connectivity index (χ0v) is 8.59. The smallest absolute Gasteiger partial charge is 0.126 e. The molecule has 0 amide bonds. The minimum Gasteiger partial charge on any atom is -0.493 e. The summed E-state index contributed by atoms with van der Waals surface area (Å²) in [6.45, 7) is 4.44. The number of hydrogen-bond donors (Lipinski definition) is 1. The van der Waals surface area contributed by atoms with E-state index in [1.54, 1.807) is 6.07 Å². The van der Waals surface area contributed by atoms with E-state index in [2.05, 4.69) is 0 Å². The van der Waals surface area contributed by atoms with Crippen molar-refractivity contribution in [2.24, 2.45) is 5.73 Å². The van der Waals surface area contributed by atoms with E-state index in [1.807, 2.05) is 13.8 Å². The van der Waals surface area contributed by atoms with Crippen LogP contribution in [0.5, 0.6) is 5.75 Å². The van der Waals surface area contributed by atoms with Gasteiger partial charge in [-0.15, -0.1) is 0 Å². The maximum atomic E-state index is 12.9. The lowest BCUT2D eigenvalue weighted by atomic mass is 10.1. The van der Waals surface area contributed by atoms with Crippen molar-refractivity contribution in [1.29, 1.82) is 0 Å². The molecule has 3 heteroatoms. The predicted molar refractivity (Wildman–Crippen MR) is 54.8 cm³/mol. The summed E-state index contributed by atoms with van der Waals surface area (Å²) in [4.78, 5) is 0. The van der Waals surface area contributed by atoms with E-state index >= 15 is 0 Å². The first kappa shape index (κ1) is 11.0. The molecule has 0 heterocycles. The van der Waals surface area contributed by atoms with Crippen LogP contribution in [0.2, 0.25) is 0 Å². The highest BCUT2D eigenvalue weighted by Gasteiger charge is 2.08. The second-order valence-corrected chi connectivity index (χ2v) is 3.32. The number of rotatable bonds is 4. The Hall–Kier alpha value is -1.09. The van der Waals surface area contributed by atoms with Crippen LogP contribution in [0.25, 0.3) is 0 Å². The van der Waals surface area contributed by atoms with Gasteiger partial charge in [-0.1, -0.05) is 13.0 Å². The number of nitrogens with two attached hydrogens (primary N) is 1. The molecule has 0 aromatic heterocycles. The third kappa shape index (κ3) is 2.70. The van der Waals surface area contributed by atoms with Crippen molar-refractivity contribution >= 4 is 0 Å². The van der Waals surface area contributed by atoms with E-state index in [-0.39, 0.29) is 11.9 Å². The molecular formula is C11H16FNO. The van der Waals surface area contributed by atoms with Crippen LogP contribution in [-0.4, -0.2) is 6.61 Å². The van der Waals surface area contributed by atoms with Crippen molar-refractivity contribution in [2.45, 2.75) is 26.3 Å². The van der Waals surface area contributed by atoms with E-state index in [0.717, 1.165) is 12.0 Å². The molecule has 1 rings (SSSR count). The molecule has 2 nitrogen and oxygen atoms in total. The first-order chi connectivity index (χ1) is 6.65. The SMILES string of the molecule is CCCOc1cc(F)ccc1[C@@H](C)N. The largest absolute Gasteiger partial charge is 0.493 e. The number of benzene rings is 1. The summed E-state index contributed by atoms with van der Waals surface area (Å²) in [5.41, 5.74) is 6.58. The number of hydrogen-bond acceptors (Lipinski definition) is 2. The monoisotopic (exact) mass is 197 g/mol. The Balaban J connectivity index is 2.91. The van der Waals surface area contributed by atoms with Gasteiger partial charge in [-0.05, 0) is 19.4 Å². The van der Waals surface area contributed by atoms with Crippen LogP contribution in [-0.2, 0) is 0 Å². The Morgan fingerprint density at radius 3 is 2.79 bits per heavy atom. The maximum absolute atomic E-state index is 12.9. The molecule has 0 radical (unpaired) electrons. The average Bonchev–Trinajstić information content (AvgIpc) is 2.14. The molecule has 1 aromatic rings. The predicted octanol–water partition coefficient (Wildman–Crippen LogP) is 2.63. The van der Waals surface area contributed by atoms with Crippen LogP contribution in [0.1, 0.15) is 31.9 Å². The quantitative estimate of drug-likeness (QED) is 0.805. The molecular weight excluding hydrogens is 181 g/mol. The fourth-order valence-electron chi connectivity index (χ4n) is 1.22. The van der Waals surface area contributed by atoms with Crippen molar-refractivity contribution in [3.63, 3.8) is 0 Å². The van der Waals surface area contributed by atoms with Crippen molar-refractivity contribution in [2.75, 3.05) is 6.61 Å². The Kier molecular flexibility index (Phi) is 3.89. The van der Waals surface area contributed by atoms with Crippen molar-refractivity contribution < 1.29 is 9.13 Å². The number of ether oxygens (including phenoxy) is 1. The molecule has 0 aliphatic rings. The summed E-state index contributed by atoms with van der Waals surface area (Å²) >= 11 is 0. The summed E-state index contributed by atoms with van der Waals surface area (Å²) < 4.78 is 18.3. The minimum absolute atomic E-state index is 0.137. The Morgan fingerprint density at radius 1 is 1.50 bits per heavy atom. The lowest BCUT2D eigenvalue weighted by Gasteiger charge is -2.13. The molecule has 1 atom stereocenters. The van der Waals surface area contributed by atoms with Gasteiger partial charge >= 0.3 is 0 Å². The molecule has 0 fully saturated rings. The number of halogens is 1. The van der Waals surface area contributed by atoms with Gasteiger partial charge in [0.05, 0.1) is 6.61 Å². The molecule has 2 N–H and O–H groups in total. The van der Waals surface area contributed by atoms with Gasteiger partial charge in [-0.3, -0.25) is 0 Å². The zero-order chi connectivity index (χ0) is 10.6. The normalized spacial score (nSPS) is 12.6. The molecule has 0 unspecified atom stereocenters. The second-order valence-electron chi connectivity index (χ2n) is 3.32. The first-order valence-electron chi connectivity index (χ1n) is 4.83. The van der Waals surface area contributed by atoms with E-state index < -0.39 is 0 Å². The van der Waals surface area contributed by atoms with Gasteiger partial charge in [0.2, 0.25) is 0 Å². The molecule has 0 aliphatic heterocycles. The van der Waals surface area contributed by atoms with Crippen molar-refractivity contribution in [3.8, 4) is 5.75 Å². The molecule has 1 aromatic carbocycles. The van der Waals surface area contributed by atoms with Gasteiger partial charge in [-0.25, -0.2) is 4.39 Å². The van der Waals surface area contributed by atoms with Crippen LogP contribution in [0.4, 0.5) is 4.39 Å². The highest BCUT2D eigenvalue weighted by molar-refractivity contribution is 5.36. The lowest BCUT2D eigenvalue weighted by molar-refractivity contribution is 0.311. The van der Waals surface area contributed by atoms with Gasteiger partial charge in [-0.2, -0.15) is 0 Å². The van der Waals surface area contributed by atoms with Crippen LogP contribution in [0.3, 0.4) is 0 Å². The molecule has 0 saturated carbocycles. The third-order valence-electron chi connectivity index (χ3n) is 1.93. The molecule has 0 aliphatic carbocycles. The fraction of sp³-hybridized carbons (Fsp3) is 0.455. The van der Waals surface area contributed by atoms with Crippen LogP contribution in [0.15, 0.2) is 18.2 Å². The molecule has 14 heavy (non-hydrogen) atoms. The summed E-state index contributed by atoms with van der Waals surface area (Å²) in [5.74, 6) is 0.266. The van der Waals surface area contributed by atoms with E-state index in [0.29, 0.717) is 12.4 Å². The molecule has 0 spiro atoms. The van der Waals surface area contributed by atoms with Crippen LogP contribution in [0, 0.1) is 5.82 Å². The molecule has 78 valence electrons. The Bertz CT molecular complexity index is 299.